The molecule has 0 fully saturated rings. The molecular weight excluding hydrogens is 380 g/mol. The molecule has 5 heteroatoms. The second kappa shape index (κ2) is 11.7. The van der Waals surface area contributed by atoms with Gasteiger partial charge < -0.3 is 10.2 Å². The van der Waals surface area contributed by atoms with Crippen molar-refractivity contribution in [1.82, 2.24) is 10.2 Å². The number of carbonyl (C=O) groups is 2. The normalized spacial score (nSPS) is 12.8. The van der Waals surface area contributed by atoms with E-state index in [1.165, 1.54) is 11.1 Å². The zero-order valence-electron chi connectivity index (χ0n) is 17.9. The van der Waals surface area contributed by atoms with Crippen LogP contribution in [-0.4, -0.2) is 34.6 Å². The maximum Gasteiger partial charge on any atom is 0.242 e. The van der Waals surface area contributed by atoms with Gasteiger partial charge in [0.1, 0.15) is 6.04 Å². The molecule has 2 atom stereocenters. The quantitative estimate of drug-likeness (QED) is 0.622. The minimum Gasteiger partial charge on any atom is -0.352 e. The number of benzene rings is 2. The van der Waals surface area contributed by atoms with Gasteiger partial charge in [-0.05, 0) is 38.3 Å². The average molecular weight is 413 g/mol. The summed E-state index contributed by atoms with van der Waals surface area (Å²) in [5.74, 6) is 1.01. The number of hydrogen-bond donors (Lipinski definition) is 1. The molecule has 0 aliphatic heterocycles. The molecule has 0 aliphatic rings. The Kier molecular flexibility index (Phi) is 9.26. The largest absolute Gasteiger partial charge is 0.352 e. The third-order valence-electron chi connectivity index (χ3n) is 4.98. The van der Waals surface area contributed by atoms with E-state index in [9.17, 15) is 9.59 Å². The molecule has 2 aromatic rings. The fourth-order valence-corrected chi connectivity index (χ4v) is 3.72. The summed E-state index contributed by atoms with van der Waals surface area (Å²) in [4.78, 5) is 27.4. The first-order valence-corrected chi connectivity index (χ1v) is 11.3. The van der Waals surface area contributed by atoms with Crippen LogP contribution in [0.25, 0.3) is 0 Å². The Balaban J connectivity index is 2.06. The van der Waals surface area contributed by atoms with Gasteiger partial charge in [0, 0.05) is 18.3 Å². The lowest BCUT2D eigenvalue weighted by Gasteiger charge is -2.29. The van der Waals surface area contributed by atoms with Crippen LogP contribution >= 0.6 is 11.8 Å². The first kappa shape index (κ1) is 23.0. The molecule has 156 valence electrons. The third-order valence-corrected chi connectivity index (χ3v) is 5.97. The van der Waals surface area contributed by atoms with Crippen LogP contribution in [0.2, 0.25) is 0 Å². The molecule has 0 saturated heterocycles. The fourth-order valence-electron chi connectivity index (χ4n) is 2.85. The molecule has 0 heterocycles. The van der Waals surface area contributed by atoms with Crippen molar-refractivity contribution in [3.63, 3.8) is 0 Å². The van der Waals surface area contributed by atoms with E-state index in [1.54, 1.807) is 16.7 Å². The number of nitrogens with zero attached hydrogens (tertiary/aromatic N) is 1. The summed E-state index contributed by atoms with van der Waals surface area (Å²) in [7, 11) is 0. The number of carbonyl (C=O) groups excluding carboxylic acids is 2. The van der Waals surface area contributed by atoms with Crippen LogP contribution in [0.3, 0.4) is 0 Å². The van der Waals surface area contributed by atoms with Crippen molar-refractivity contribution in [3.05, 3.63) is 71.3 Å². The highest BCUT2D eigenvalue weighted by atomic mass is 32.2. The number of amides is 2. The molecule has 0 aliphatic carbocycles. The molecule has 4 nitrogen and oxygen atoms in total. The fraction of sp³-hybridized carbons (Fsp3) is 0.417. The van der Waals surface area contributed by atoms with Crippen molar-refractivity contribution < 1.29 is 9.59 Å². The SMILES string of the molecule is CC[C@@H](C)NC(=O)[C@@H](C)N(Cc1ccc(C)cc1)C(=O)CSCc1ccccc1. The van der Waals surface area contributed by atoms with E-state index in [-0.39, 0.29) is 17.9 Å². The topological polar surface area (TPSA) is 49.4 Å². The van der Waals surface area contributed by atoms with E-state index in [1.807, 2.05) is 70.2 Å². The Bertz CT molecular complexity index is 777. The number of thioether (sulfide) groups is 1. The van der Waals surface area contributed by atoms with Crippen LogP contribution in [0.5, 0.6) is 0 Å². The molecule has 0 spiro atoms. The highest BCUT2D eigenvalue weighted by Crippen LogP contribution is 2.16. The summed E-state index contributed by atoms with van der Waals surface area (Å²) < 4.78 is 0. The van der Waals surface area contributed by atoms with Gasteiger partial charge in [-0.15, -0.1) is 11.8 Å². The van der Waals surface area contributed by atoms with E-state index in [4.69, 9.17) is 0 Å². The molecule has 2 rings (SSSR count). The molecule has 1 N–H and O–H groups in total. The highest BCUT2D eigenvalue weighted by Gasteiger charge is 2.26. The van der Waals surface area contributed by atoms with Crippen molar-refractivity contribution in [2.45, 2.75) is 58.5 Å². The van der Waals surface area contributed by atoms with E-state index < -0.39 is 6.04 Å². The van der Waals surface area contributed by atoms with E-state index in [0.717, 1.165) is 17.7 Å². The Hall–Kier alpha value is -2.27. The summed E-state index contributed by atoms with van der Waals surface area (Å²) in [6.07, 6.45) is 0.858. The van der Waals surface area contributed by atoms with Gasteiger partial charge in [-0.1, -0.05) is 67.1 Å². The van der Waals surface area contributed by atoms with Gasteiger partial charge in [-0.2, -0.15) is 0 Å². The van der Waals surface area contributed by atoms with Crippen LogP contribution in [0.1, 0.15) is 43.9 Å². The van der Waals surface area contributed by atoms with E-state index >= 15 is 0 Å². The predicted molar refractivity (Wildman–Crippen MR) is 122 cm³/mol. The van der Waals surface area contributed by atoms with Crippen LogP contribution in [0.4, 0.5) is 0 Å². The maximum absolute atomic E-state index is 13.0. The Morgan fingerprint density at radius 1 is 1.00 bits per heavy atom. The van der Waals surface area contributed by atoms with Crippen LogP contribution in [0.15, 0.2) is 54.6 Å². The summed E-state index contributed by atoms with van der Waals surface area (Å²) in [6.45, 7) is 8.29. The van der Waals surface area contributed by atoms with Gasteiger partial charge in [0.05, 0.1) is 5.75 Å². The van der Waals surface area contributed by atoms with Crippen molar-refractivity contribution in [2.24, 2.45) is 0 Å². The molecule has 29 heavy (non-hydrogen) atoms. The van der Waals surface area contributed by atoms with E-state index in [2.05, 4.69) is 17.4 Å². The van der Waals surface area contributed by atoms with Gasteiger partial charge >= 0.3 is 0 Å². The minimum absolute atomic E-state index is 0.0155. The summed E-state index contributed by atoms with van der Waals surface area (Å²) >= 11 is 1.58. The van der Waals surface area contributed by atoms with E-state index in [0.29, 0.717) is 12.3 Å². The first-order valence-electron chi connectivity index (χ1n) is 10.2. The number of rotatable bonds is 10. The summed E-state index contributed by atoms with van der Waals surface area (Å²) in [5.41, 5.74) is 3.39. The summed E-state index contributed by atoms with van der Waals surface area (Å²) in [6, 6.07) is 17.8. The summed E-state index contributed by atoms with van der Waals surface area (Å²) in [5, 5.41) is 3.00. The molecule has 2 aromatic carbocycles. The Morgan fingerprint density at radius 3 is 2.28 bits per heavy atom. The molecule has 0 saturated carbocycles. The average Bonchev–Trinajstić information content (AvgIpc) is 2.73. The lowest BCUT2D eigenvalue weighted by atomic mass is 10.1. The predicted octanol–water partition coefficient (Wildman–Crippen LogP) is 4.56. The second-order valence-corrected chi connectivity index (χ2v) is 8.47. The molecule has 2 amide bonds. The zero-order chi connectivity index (χ0) is 21.2. The minimum atomic E-state index is -0.518. The van der Waals surface area contributed by atoms with Crippen LogP contribution < -0.4 is 5.32 Å². The lowest BCUT2D eigenvalue weighted by molar-refractivity contribution is -0.138. The molecule has 0 unspecified atom stereocenters. The van der Waals surface area contributed by atoms with Gasteiger partial charge in [-0.3, -0.25) is 9.59 Å². The number of aryl methyl sites for hydroxylation is 1. The third kappa shape index (κ3) is 7.58. The van der Waals surface area contributed by atoms with Crippen molar-refractivity contribution in [1.29, 1.82) is 0 Å². The van der Waals surface area contributed by atoms with Gasteiger partial charge in [0.25, 0.3) is 0 Å². The van der Waals surface area contributed by atoms with Crippen molar-refractivity contribution >= 4 is 23.6 Å². The molecule has 0 bridgehead atoms. The standard InChI is InChI=1S/C24H32N2O2S/c1-5-19(3)25-24(28)20(4)26(15-21-13-11-18(2)12-14-21)23(27)17-29-16-22-9-7-6-8-10-22/h6-14,19-20H,5,15-17H2,1-4H3,(H,25,28)/t19-,20-/m1/s1. The Morgan fingerprint density at radius 2 is 1.66 bits per heavy atom. The van der Waals surface area contributed by atoms with Gasteiger partial charge in [-0.25, -0.2) is 0 Å². The Labute approximate surface area is 179 Å². The van der Waals surface area contributed by atoms with Crippen molar-refractivity contribution in [3.8, 4) is 0 Å². The monoisotopic (exact) mass is 412 g/mol. The van der Waals surface area contributed by atoms with Gasteiger partial charge in [0.15, 0.2) is 0 Å². The lowest BCUT2D eigenvalue weighted by Crippen LogP contribution is -2.50. The zero-order valence-corrected chi connectivity index (χ0v) is 18.7. The van der Waals surface area contributed by atoms with Crippen LogP contribution in [0, 0.1) is 6.92 Å². The number of hydrogen-bond acceptors (Lipinski definition) is 3. The second-order valence-electron chi connectivity index (χ2n) is 7.48. The van der Waals surface area contributed by atoms with Crippen LogP contribution in [-0.2, 0) is 21.9 Å². The first-order chi connectivity index (χ1) is 13.9. The molecule has 0 radical (unpaired) electrons. The van der Waals surface area contributed by atoms with Crippen molar-refractivity contribution in [2.75, 3.05) is 5.75 Å². The maximum atomic E-state index is 13.0. The number of nitrogens with one attached hydrogen (secondary N) is 1. The highest BCUT2D eigenvalue weighted by molar-refractivity contribution is 7.99. The molecule has 0 aromatic heterocycles. The smallest absolute Gasteiger partial charge is 0.242 e. The molecular formula is C24H32N2O2S. The van der Waals surface area contributed by atoms with Gasteiger partial charge in [0.2, 0.25) is 11.8 Å².